The first-order valence-corrected chi connectivity index (χ1v) is 7.22. The first-order valence-electron chi connectivity index (χ1n) is 6.24. The second-order valence-electron chi connectivity index (χ2n) is 4.06. The van der Waals surface area contributed by atoms with Gasteiger partial charge >= 0.3 is 5.97 Å². The van der Waals surface area contributed by atoms with E-state index in [9.17, 15) is 4.79 Å². The van der Waals surface area contributed by atoms with E-state index in [0.29, 0.717) is 17.7 Å². The van der Waals surface area contributed by atoms with E-state index >= 15 is 0 Å². The zero-order valence-electron chi connectivity index (χ0n) is 10.8. The maximum Gasteiger partial charge on any atom is 0.316 e. The van der Waals surface area contributed by atoms with Crippen molar-refractivity contribution < 1.29 is 9.53 Å². The summed E-state index contributed by atoms with van der Waals surface area (Å²) in [6.07, 6.45) is 2.27. The van der Waals surface area contributed by atoms with Gasteiger partial charge in [-0.1, -0.05) is 11.8 Å². The van der Waals surface area contributed by atoms with Crippen LogP contribution < -0.4 is 10.6 Å². The Kier molecular flexibility index (Phi) is 4.78. The first kappa shape index (κ1) is 13.9. The van der Waals surface area contributed by atoms with Crippen LogP contribution in [0.1, 0.15) is 19.8 Å². The number of ether oxygens (including phenoxy) is 1. The van der Waals surface area contributed by atoms with Gasteiger partial charge < -0.3 is 15.4 Å². The third-order valence-corrected chi connectivity index (χ3v) is 3.45. The second kappa shape index (κ2) is 6.55. The molecule has 1 saturated heterocycles. The van der Waals surface area contributed by atoms with E-state index in [-0.39, 0.29) is 17.7 Å². The van der Waals surface area contributed by atoms with Crippen molar-refractivity contribution >= 4 is 29.6 Å². The number of carbonyl (C=O) groups is 1. The Morgan fingerprint density at radius 2 is 2.11 bits per heavy atom. The van der Waals surface area contributed by atoms with Gasteiger partial charge in [-0.05, 0) is 19.8 Å². The van der Waals surface area contributed by atoms with Gasteiger partial charge in [0.15, 0.2) is 5.16 Å². The number of rotatable bonds is 5. The Labute approximate surface area is 116 Å². The number of aromatic nitrogens is 3. The Hall–Kier alpha value is -1.57. The van der Waals surface area contributed by atoms with Crippen LogP contribution in [0.2, 0.25) is 0 Å². The third-order valence-electron chi connectivity index (χ3n) is 2.63. The summed E-state index contributed by atoms with van der Waals surface area (Å²) in [5, 5.41) is 0.461. The number of anilines is 2. The zero-order chi connectivity index (χ0) is 13.7. The van der Waals surface area contributed by atoms with Crippen LogP contribution in [0.4, 0.5) is 11.9 Å². The summed E-state index contributed by atoms with van der Waals surface area (Å²) in [5.41, 5.74) is 5.67. The summed E-state index contributed by atoms with van der Waals surface area (Å²) in [6.45, 7) is 4.02. The SMILES string of the molecule is CCOC(=O)CSc1nc(N)nc(N2CCCC2)n1. The van der Waals surface area contributed by atoms with Gasteiger partial charge in [-0.2, -0.15) is 15.0 Å². The number of nitrogen functional groups attached to an aromatic ring is 1. The van der Waals surface area contributed by atoms with Crippen LogP contribution in [0.15, 0.2) is 5.16 Å². The molecular formula is C11H17N5O2S. The van der Waals surface area contributed by atoms with Gasteiger partial charge in [0.1, 0.15) is 0 Å². The van der Waals surface area contributed by atoms with Crippen molar-refractivity contribution in [3.05, 3.63) is 0 Å². The van der Waals surface area contributed by atoms with Gasteiger partial charge in [0.2, 0.25) is 11.9 Å². The molecular weight excluding hydrogens is 266 g/mol. The first-order chi connectivity index (χ1) is 9.19. The van der Waals surface area contributed by atoms with Crippen molar-refractivity contribution in [1.29, 1.82) is 0 Å². The fourth-order valence-corrected chi connectivity index (χ4v) is 2.44. The number of hydrogen-bond acceptors (Lipinski definition) is 8. The van der Waals surface area contributed by atoms with Crippen LogP contribution in [0.3, 0.4) is 0 Å². The van der Waals surface area contributed by atoms with Crippen molar-refractivity contribution in [2.75, 3.05) is 36.1 Å². The smallest absolute Gasteiger partial charge is 0.316 e. The van der Waals surface area contributed by atoms with Crippen LogP contribution in [-0.2, 0) is 9.53 Å². The molecule has 1 aliphatic heterocycles. The minimum absolute atomic E-state index is 0.177. The normalized spacial score (nSPS) is 14.7. The Morgan fingerprint density at radius 1 is 1.37 bits per heavy atom. The molecule has 2 rings (SSSR count). The maximum atomic E-state index is 11.3. The monoisotopic (exact) mass is 283 g/mol. The molecule has 19 heavy (non-hydrogen) atoms. The largest absolute Gasteiger partial charge is 0.465 e. The van der Waals surface area contributed by atoms with E-state index in [4.69, 9.17) is 10.5 Å². The number of carbonyl (C=O) groups excluding carboxylic acids is 1. The number of thioether (sulfide) groups is 1. The molecule has 0 aliphatic carbocycles. The van der Waals surface area contributed by atoms with E-state index < -0.39 is 0 Å². The average molecular weight is 283 g/mol. The molecule has 0 aromatic carbocycles. The lowest BCUT2D eigenvalue weighted by Crippen LogP contribution is -2.21. The molecule has 1 aromatic heterocycles. The van der Waals surface area contributed by atoms with Crippen molar-refractivity contribution in [3.63, 3.8) is 0 Å². The zero-order valence-corrected chi connectivity index (χ0v) is 11.7. The van der Waals surface area contributed by atoms with Crippen molar-refractivity contribution in [2.24, 2.45) is 0 Å². The summed E-state index contributed by atoms with van der Waals surface area (Å²) in [6, 6.07) is 0. The highest BCUT2D eigenvalue weighted by Gasteiger charge is 2.17. The van der Waals surface area contributed by atoms with Gasteiger partial charge in [0.05, 0.1) is 12.4 Å². The molecule has 0 unspecified atom stereocenters. The minimum atomic E-state index is -0.283. The molecule has 0 amide bonds. The molecule has 0 saturated carbocycles. The molecule has 1 aromatic rings. The number of nitrogens with zero attached hydrogens (tertiary/aromatic N) is 4. The standard InChI is InChI=1S/C11H17N5O2S/c1-2-18-8(17)7-19-11-14-9(12)13-10(15-11)16-5-3-4-6-16/h2-7H2,1H3,(H2,12,13,14,15). The van der Waals surface area contributed by atoms with Crippen LogP contribution >= 0.6 is 11.8 Å². The molecule has 8 heteroatoms. The van der Waals surface area contributed by atoms with E-state index in [2.05, 4.69) is 19.9 Å². The van der Waals surface area contributed by atoms with Gasteiger partial charge in [0.25, 0.3) is 0 Å². The molecule has 2 N–H and O–H groups in total. The van der Waals surface area contributed by atoms with E-state index in [1.807, 2.05) is 0 Å². The Morgan fingerprint density at radius 3 is 2.79 bits per heavy atom. The lowest BCUT2D eigenvalue weighted by atomic mass is 10.4. The minimum Gasteiger partial charge on any atom is -0.465 e. The molecule has 0 bridgehead atoms. The summed E-state index contributed by atoms with van der Waals surface area (Å²) < 4.78 is 4.85. The summed E-state index contributed by atoms with van der Waals surface area (Å²) in [4.78, 5) is 25.8. The van der Waals surface area contributed by atoms with Gasteiger partial charge in [-0.15, -0.1) is 0 Å². The lowest BCUT2D eigenvalue weighted by Gasteiger charge is -2.15. The molecule has 0 radical (unpaired) electrons. The van der Waals surface area contributed by atoms with Crippen molar-refractivity contribution in [3.8, 4) is 0 Å². The number of hydrogen-bond donors (Lipinski definition) is 1. The highest BCUT2D eigenvalue weighted by atomic mass is 32.2. The fourth-order valence-electron chi connectivity index (χ4n) is 1.81. The summed E-state index contributed by atoms with van der Waals surface area (Å²) >= 11 is 1.21. The van der Waals surface area contributed by atoms with E-state index in [1.54, 1.807) is 6.92 Å². The second-order valence-corrected chi connectivity index (χ2v) is 5.01. The van der Waals surface area contributed by atoms with Crippen molar-refractivity contribution in [1.82, 2.24) is 15.0 Å². The quantitative estimate of drug-likeness (QED) is 0.623. The fraction of sp³-hybridized carbons (Fsp3) is 0.636. The topological polar surface area (TPSA) is 94.2 Å². The molecule has 7 nitrogen and oxygen atoms in total. The molecule has 0 spiro atoms. The highest BCUT2D eigenvalue weighted by molar-refractivity contribution is 7.99. The Balaban J connectivity index is 2.02. The molecule has 0 atom stereocenters. The summed E-state index contributed by atoms with van der Waals surface area (Å²) in [7, 11) is 0. The molecule has 1 aliphatic rings. The predicted molar refractivity (Wildman–Crippen MR) is 73.0 cm³/mol. The summed E-state index contributed by atoms with van der Waals surface area (Å²) in [5.74, 6) is 0.672. The van der Waals surface area contributed by atoms with Gasteiger partial charge in [0, 0.05) is 13.1 Å². The van der Waals surface area contributed by atoms with Crippen LogP contribution in [0.25, 0.3) is 0 Å². The number of esters is 1. The Bertz CT molecular complexity index is 451. The van der Waals surface area contributed by atoms with Crippen LogP contribution in [-0.4, -0.2) is 46.4 Å². The van der Waals surface area contributed by atoms with Crippen LogP contribution in [0, 0.1) is 0 Å². The number of nitrogens with two attached hydrogens (primary N) is 1. The van der Waals surface area contributed by atoms with Gasteiger partial charge in [-0.25, -0.2) is 0 Å². The highest BCUT2D eigenvalue weighted by Crippen LogP contribution is 2.20. The average Bonchev–Trinajstić information content (AvgIpc) is 2.90. The van der Waals surface area contributed by atoms with Gasteiger partial charge in [-0.3, -0.25) is 4.79 Å². The third kappa shape index (κ3) is 3.95. The van der Waals surface area contributed by atoms with Crippen LogP contribution in [0.5, 0.6) is 0 Å². The molecule has 2 heterocycles. The predicted octanol–water partition coefficient (Wildman–Crippen LogP) is 0.709. The molecule has 1 fully saturated rings. The molecule has 104 valence electrons. The lowest BCUT2D eigenvalue weighted by molar-refractivity contribution is -0.139. The van der Waals surface area contributed by atoms with E-state index in [1.165, 1.54) is 11.8 Å². The van der Waals surface area contributed by atoms with Crippen molar-refractivity contribution in [2.45, 2.75) is 24.9 Å². The van der Waals surface area contributed by atoms with E-state index in [0.717, 1.165) is 25.9 Å². The maximum absolute atomic E-state index is 11.3.